The first kappa shape index (κ1) is 15.9. The van der Waals surface area contributed by atoms with Crippen LogP contribution in [0.3, 0.4) is 0 Å². The number of hydrogen-bond donors (Lipinski definition) is 3. The Morgan fingerprint density at radius 1 is 1.12 bits per heavy atom. The Balaban J connectivity index is 3.54. The molecule has 0 aromatic heterocycles. The largest absolute Gasteiger partial charge is 0.354 e. The van der Waals surface area contributed by atoms with Crippen molar-refractivity contribution in [1.29, 1.82) is 0 Å². The molecule has 0 saturated carbocycles. The monoisotopic (exact) mass is 243 g/mol. The molecule has 0 spiro atoms. The molecule has 5 heteroatoms. The van der Waals surface area contributed by atoms with E-state index >= 15 is 0 Å². The molecule has 1 atom stereocenters. The normalized spacial score (nSPS) is 12.3. The summed E-state index contributed by atoms with van der Waals surface area (Å²) >= 11 is 0. The maximum absolute atomic E-state index is 11.4. The second-order valence-electron chi connectivity index (χ2n) is 4.51. The van der Waals surface area contributed by atoms with Gasteiger partial charge < -0.3 is 16.0 Å². The van der Waals surface area contributed by atoms with Crippen LogP contribution in [-0.4, -0.2) is 37.0 Å². The van der Waals surface area contributed by atoms with Gasteiger partial charge in [0.05, 0.1) is 6.54 Å². The van der Waals surface area contributed by atoms with E-state index in [0.29, 0.717) is 25.6 Å². The van der Waals surface area contributed by atoms with Gasteiger partial charge in [0.2, 0.25) is 11.8 Å². The van der Waals surface area contributed by atoms with Crippen molar-refractivity contribution in [3.63, 3.8) is 0 Å². The summed E-state index contributed by atoms with van der Waals surface area (Å²) in [6, 6.07) is 0.482. The van der Waals surface area contributed by atoms with E-state index in [1.807, 2.05) is 20.8 Å². The molecule has 0 fully saturated rings. The predicted octanol–water partition coefficient (Wildman–Crippen LogP) is 0.405. The van der Waals surface area contributed by atoms with Gasteiger partial charge in [0.15, 0.2) is 0 Å². The molecule has 0 saturated heterocycles. The molecule has 0 aliphatic heterocycles. The maximum Gasteiger partial charge on any atom is 0.233 e. The Labute approximate surface area is 104 Å². The molecule has 0 aliphatic carbocycles. The molecule has 0 aromatic rings. The van der Waals surface area contributed by atoms with Gasteiger partial charge in [-0.05, 0) is 27.2 Å². The van der Waals surface area contributed by atoms with Crippen LogP contribution in [0.15, 0.2) is 0 Å². The highest BCUT2D eigenvalue weighted by Crippen LogP contribution is 1.86. The topological polar surface area (TPSA) is 70.2 Å². The highest BCUT2D eigenvalue weighted by molar-refractivity contribution is 5.80. The van der Waals surface area contributed by atoms with Gasteiger partial charge in [-0.1, -0.05) is 6.92 Å². The van der Waals surface area contributed by atoms with Gasteiger partial charge in [-0.3, -0.25) is 9.59 Å². The van der Waals surface area contributed by atoms with Crippen LogP contribution in [0.4, 0.5) is 0 Å². The van der Waals surface area contributed by atoms with Crippen molar-refractivity contribution in [3.05, 3.63) is 0 Å². The standard InChI is InChI=1S/C12H25N3O2/c1-5-10(4)14-8-12(17)13-7-6-11(16)15-9(2)3/h9-10,14H,5-8H2,1-4H3,(H,13,17)(H,15,16). The Morgan fingerprint density at radius 2 is 1.76 bits per heavy atom. The highest BCUT2D eigenvalue weighted by atomic mass is 16.2. The third-order valence-corrected chi connectivity index (χ3v) is 2.35. The van der Waals surface area contributed by atoms with E-state index in [-0.39, 0.29) is 17.9 Å². The smallest absolute Gasteiger partial charge is 0.233 e. The summed E-state index contributed by atoms with van der Waals surface area (Å²) in [6.07, 6.45) is 1.32. The third-order valence-electron chi connectivity index (χ3n) is 2.35. The molecule has 1 unspecified atom stereocenters. The van der Waals surface area contributed by atoms with Crippen molar-refractivity contribution in [1.82, 2.24) is 16.0 Å². The van der Waals surface area contributed by atoms with E-state index in [1.54, 1.807) is 0 Å². The lowest BCUT2D eigenvalue weighted by Gasteiger charge is -2.11. The van der Waals surface area contributed by atoms with Crippen LogP contribution in [0.2, 0.25) is 0 Å². The minimum Gasteiger partial charge on any atom is -0.354 e. The molecule has 0 heterocycles. The molecular weight excluding hydrogens is 218 g/mol. The quantitative estimate of drug-likeness (QED) is 0.578. The van der Waals surface area contributed by atoms with Crippen LogP contribution in [-0.2, 0) is 9.59 Å². The summed E-state index contributed by atoms with van der Waals surface area (Å²) in [6.45, 7) is 8.61. The first-order chi connectivity index (χ1) is 7.95. The maximum atomic E-state index is 11.4. The minimum atomic E-state index is -0.0670. The van der Waals surface area contributed by atoms with Crippen LogP contribution < -0.4 is 16.0 Å². The third kappa shape index (κ3) is 9.81. The number of carbonyl (C=O) groups is 2. The average molecular weight is 243 g/mol. The lowest BCUT2D eigenvalue weighted by Crippen LogP contribution is -2.39. The summed E-state index contributed by atoms with van der Waals surface area (Å²) in [5.41, 5.74) is 0. The Bertz CT molecular complexity index is 242. The SMILES string of the molecule is CCC(C)NCC(=O)NCCC(=O)NC(C)C. The zero-order valence-corrected chi connectivity index (χ0v) is 11.3. The van der Waals surface area contributed by atoms with Gasteiger partial charge in [0.1, 0.15) is 0 Å². The van der Waals surface area contributed by atoms with Crippen LogP contribution in [0.25, 0.3) is 0 Å². The zero-order chi connectivity index (χ0) is 13.3. The highest BCUT2D eigenvalue weighted by Gasteiger charge is 2.06. The predicted molar refractivity (Wildman–Crippen MR) is 68.7 cm³/mol. The number of amides is 2. The second-order valence-corrected chi connectivity index (χ2v) is 4.51. The fourth-order valence-electron chi connectivity index (χ4n) is 1.18. The van der Waals surface area contributed by atoms with Gasteiger partial charge in [0.25, 0.3) is 0 Å². The summed E-state index contributed by atoms with van der Waals surface area (Å²) in [5, 5.41) is 8.56. The number of carbonyl (C=O) groups excluding carboxylic acids is 2. The van der Waals surface area contributed by atoms with Crippen molar-refractivity contribution in [2.45, 2.75) is 52.6 Å². The van der Waals surface area contributed by atoms with Crippen molar-refractivity contribution in [2.75, 3.05) is 13.1 Å². The summed E-state index contributed by atoms with van der Waals surface area (Å²) in [7, 11) is 0. The fraction of sp³-hybridized carbons (Fsp3) is 0.833. The fourth-order valence-corrected chi connectivity index (χ4v) is 1.18. The van der Waals surface area contributed by atoms with Gasteiger partial charge in [0, 0.05) is 25.0 Å². The minimum absolute atomic E-state index is 0.0322. The Hall–Kier alpha value is -1.10. The van der Waals surface area contributed by atoms with Crippen LogP contribution in [0, 0.1) is 0 Å². The molecule has 0 aromatic carbocycles. The van der Waals surface area contributed by atoms with Gasteiger partial charge >= 0.3 is 0 Å². The number of nitrogens with one attached hydrogen (secondary N) is 3. The van der Waals surface area contributed by atoms with E-state index in [2.05, 4.69) is 22.9 Å². The molecular formula is C12H25N3O2. The lowest BCUT2D eigenvalue weighted by atomic mass is 10.2. The zero-order valence-electron chi connectivity index (χ0n) is 11.3. The number of rotatable bonds is 8. The first-order valence-corrected chi connectivity index (χ1v) is 6.25. The van der Waals surface area contributed by atoms with Gasteiger partial charge in [-0.25, -0.2) is 0 Å². The van der Waals surface area contributed by atoms with E-state index in [9.17, 15) is 9.59 Å². The average Bonchev–Trinajstić information content (AvgIpc) is 2.24. The molecule has 0 rings (SSSR count). The number of hydrogen-bond acceptors (Lipinski definition) is 3. The van der Waals surface area contributed by atoms with E-state index < -0.39 is 0 Å². The van der Waals surface area contributed by atoms with E-state index in [0.717, 1.165) is 6.42 Å². The van der Waals surface area contributed by atoms with Crippen LogP contribution in [0.1, 0.15) is 40.5 Å². The van der Waals surface area contributed by atoms with Crippen LogP contribution in [0.5, 0.6) is 0 Å². The van der Waals surface area contributed by atoms with Gasteiger partial charge in [-0.15, -0.1) is 0 Å². The summed E-state index contributed by atoms with van der Waals surface area (Å²) in [5.74, 6) is -0.0992. The van der Waals surface area contributed by atoms with Crippen molar-refractivity contribution in [3.8, 4) is 0 Å². The van der Waals surface area contributed by atoms with Crippen molar-refractivity contribution >= 4 is 11.8 Å². The molecule has 0 aliphatic rings. The lowest BCUT2D eigenvalue weighted by molar-refractivity contribution is -0.122. The molecule has 17 heavy (non-hydrogen) atoms. The summed E-state index contributed by atoms with van der Waals surface area (Å²) < 4.78 is 0. The molecule has 0 radical (unpaired) electrons. The van der Waals surface area contributed by atoms with Crippen molar-refractivity contribution in [2.24, 2.45) is 0 Å². The molecule has 5 nitrogen and oxygen atoms in total. The summed E-state index contributed by atoms with van der Waals surface area (Å²) in [4.78, 5) is 22.6. The molecule has 0 bridgehead atoms. The molecule has 2 amide bonds. The van der Waals surface area contributed by atoms with Crippen LogP contribution >= 0.6 is 0 Å². The Morgan fingerprint density at radius 3 is 2.29 bits per heavy atom. The first-order valence-electron chi connectivity index (χ1n) is 6.25. The molecule has 3 N–H and O–H groups in total. The van der Waals surface area contributed by atoms with Crippen molar-refractivity contribution < 1.29 is 9.59 Å². The van der Waals surface area contributed by atoms with Gasteiger partial charge in [-0.2, -0.15) is 0 Å². The Kier molecular flexibility index (Phi) is 8.40. The second kappa shape index (κ2) is 8.98. The van der Waals surface area contributed by atoms with E-state index in [4.69, 9.17) is 0 Å². The van der Waals surface area contributed by atoms with E-state index in [1.165, 1.54) is 0 Å². The molecule has 100 valence electrons.